The average Bonchev–Trinajstić information content (AvgIpc) is 2.99. The normalized spacial score (nSPS) is 10.8. The highest BCUT2D eigenvalue weighted by Gasteiger charge is 2.10. The number of fused-ring (bicyclic) bond motifs is 1. The van der Waals surface area contributed by atoms with Gasteiger partial charge in [0, 0.05) is 18.8 Å². The van der Waals surface area contributed by atoms with Crippen LogP contribution in [0.1, 0.15) is 12.1 Å². The zero-order chi connectivity index (χ0) is 18.5. The van der Waals surface area contributed by atoms with Gasteiger partial charge in [0.2, 0.25) is 5.91 Å². The first-order valence-electron chi connectivity index (χ1n) is 7.94. The van der Waals surface area contributed by atoms with Gasteiger partial charge in [0.15, 0.2) is 5.52 Å². The Bertz CT molecular complexity index is 984. The molecule has 0 atom stereocenters. The lowest BCUT2D eigenvalue weighted by Gasteiger charge is -2.08. The van der Waals surface area contributed by atoms with E-state index in [0.29, 0.717) is 41.6 Å². The van der Waals surface area contributed by atoms with Gasteiger partial charge in [-0.3, -0.25) is 19.1 Å². The SMILES string of the molecule is Cc1ncn2ncn(CC(=O)NCCCOc3cncc(Cl)c3)c(=O)c12. The number of carbonyl (C=O) groups is 1. The van der Waals surface area contributed by atoms with Gasteiger partial charge in [-0.15, -0.1) is 0 Å². The van der Waals surface area contributed by atoms with E-state index in [1.807, 2.05) is 0 Å². The number of hydrogen-bond acceptors (Lipinski definition) is 6. The van der Waals surface area contributed by atoms with Crippen LogP contribution in [-0.2, 0) is 11.3 Å². The molecule has 3 rings (SSSR count). The number of rotatable bonds is 7. The summed E-state index contributed by atoms with van der Waals surface area (Å²) in [6.45, 7) is 2.44. The molecule has 1 N–H and O–H groups in total. The molecule has 0 aliphatic rings. The van der Waals surface area contributed by atoms with E-state index < -0.39 is 0 Å². The molecule has 0 aliphatic heterocycles. The summed E-state index contributed by atoms with van der Waals surface area (Å²) in [5.74, 6) is 0.297. The Morgan fingerprint density at radius 2 is 2.19 bits per heavy atom. The second-order valence-electron chi connectivity index (χ2n) is 5.58. The van der Waals surface area contributed by atoms with Crippen LogP contribution in [0.2, 0.25) is 5.02 Å². The molecule has 9 nitrogen and oxygen atoms in total. The standard InChI is InChI=1S/C16H17ClN6O3/c1-11-15-16(25)22(10-21-23(15)9-20-11)8-14(24)19-3-2-4-26-13-5-12(17)6-18-7-13/h5-7,9-10H,2-4,8H2,1H3,(H,19,24). The average molecular weight is 377 g/mol. The molecule has 1 amide bonds. The Hall–Kier alpha value is -2.94. The summed E-state index contributed by atoms with van der Waals surface area (Å²) in [5, 5.41) is 7.31. The number of nitrogens with zero attached hydrogens (tertiary/aromatic N) is 5. The van der Waals surface area contributed by atoms with E-state index in [1.54, 1.807) is 19.2 Å². The number of amides is 1. The zero-order valence-electron chi connectivity index (χ0n) is 14.1. The third-order valence-electron chi connectivity index (χ3n) is 3.62. The molecule has 10 heteroatoms. The lowest BCUT2D eigenvalue weighted by molar-refractivity contribution is -0.121. The van der Waals surface area contributed by atoms with E-state index >= 15 is 0 Å². The van der Waals surface area contributed by atoms with Crippen molar-refractivity contribution in [3.05, 3.63) is 52.2 Å². The van der Waals surface area contributed by atoms with Gasteiger partial charge < -0.3 is 10.1 Å². The van der Waals surface area contributed by atoms with Crippen molar-refractivity contribution in [2.45, 2.75) is 19.9 Å². The van der Waals surface area contributed by atoms with E-state index in [0.717, 1.165) is 0 Å². The van der Waals surface area contributed by atoms with Crippen LogP contribution in [0.4, 0.5) is 0 Å². The minimum Gasteiger partial charge on any atom is -0.492 e. The van der Waals surface area contributed by atoms with E-state index in [1.165, 1.54) is 27.9 Å². The summed E-state index contributed by atoms with van der Waals surface area (Å²) >= 11 is 5.82. The highest BCUT2D eigenvalue weighted by Crippen LogP contribution is 2.14. The van der Waals surface area contributed by atoms with Crippen molar-refractivity contribution in [2.24, 2.45) is 0 Å². The topological polar surface area (TPSA) is 103 Å². The summed E-state index contributed by atoms with van der Waals surface area (Å²) in [6, 6.07) is 1.67. The first-order valence-corrected chi connectivity index (χ1v) is 8.32. The maximum Gasteiger partial charge on any atom is 0.280 e. The number of carbonyl (C=O) groups excluding carboxylic acids is 1. The molecule has 0 unspecified atom stereocenters. The van der Waals surface area contributed by atoms with E-state index in [2.05, 4.69) is 20.4 Å². The Morgan fingerprint density at radius 1 is 1.35 bits per heavy atom. The minimum absolute atomic E-state index is 0.105. The third kappa shape index (κ3) is 4.17. The lowest BCUT2D eigenvalue weighted by atomic mass is 10.4. The number of aromatic nitrogens is 5. The molecule has 3 aromatic rings. The van der Waals surface area contributed by atoms with Crippen LogP contribution < -0.4 is 15.6 Å². The fourth-order valence-corrected chi connectivity index (χ4v) is 2.52. The van der Waals surface area contributed by atoms with Crippen LogP contribution >= 0.6 is 11.6 Å². The first kappa shape index (κ1) is 17.9. The summed E-state index contributed by atoms with van der Waals surface area (Å²) in [6.07, 6.45) is 6.48. The van der Waals surface area contributed by atoms with Crippen molar-refractivity contribution < 1.29 is 9.53 Å². The predicted octanol–water partition coefficient (Wildman–Crippen LogP) is 0.833. The maximum atomic E-state index is 12.4. The number of hydrogen-bond donors (Lipinski definition) is 1. The van der Waals surface area contributed by atoms with Crippen molar-refractivity contribution in [3.8, 4) is 5.75 Å². The van der Waals surface area contributed by atoms with Gasteiger partial charge in [-0.25, -0.2) is 9.50 Å². The van der Waals surface area contributed by atoms with Gasteiger partial charge in [0.25, 0.3) is 5.56 Å². The monoisotopic (exact) mass is 376 g/mol. The molecule has 0 saturated heterocycles. The van der Waals surface area contributed by atoms with Crippen molar-refractivity contribution in [1.29, 1.82) is 0 Å². The zero-order valence-corrected chi connectivity index (χ0v) is 14.8. The number of halogens is 1. The van der Waals surface area contributed by atoms with Crippen molar-refractivity contribution in [1.82, 2.24) is 29.5 Å². The number of aryl methyl sites for hydroxylation is 1. The van der Waals surface area contributed by atoms with Crippen LogP contribution in [0.25, 0.3) is 5.52 Å². The van der Waals surface area contributed by atoms with Crippen molar-refractivity contribution in [2.75, 3.05) is 13.2 Å². The van der Waals surface area contributed by atoms with Crippen molar-refractivity contribution in [3.63, 3.8) is 0 Å². The fraction of sp³-hybridized carbons (Fsp3) is 0.312. The Labute approximate surface area is 153 Å². The summed E-state index contributed by atoms with van der Waals surface area (Å²) in [4.78, 5) is 32.3. The van der Waals surface area contributed by atoms with E-state index in [9.17, 15) is 9.59 Å². The van der Waals surface area contributed by atoms with Crippen LogP contribution in [0.3, 0.4) is 0 Å². The molecular weight excluding hydrogens is 360 g/mol. The Morgan fingerprint density at radius 3 is 3.00 bits per heavy atom. The molecule has 0 spiro atoms. The molecule has 0 bridgehead atoms. The predicted molar refractivity (Wildman–Crippen MR) is 94.4 cm³/mol. The molecule has 3 aromatic heterocycles. The maximum absolute atomic E-state index is 12.4. The molecule has 0 saturated carbocycles. The van der Waals surface area contributed by atoms with Gasteiger partial charge in [0.1, 0.15) is 24.9 Å². The van der Waals surface area contributed by atoms with Gasteiger partial charge in [-0.1, -0.05) is 11.6 Å². The van der Waals surface area contributed by atoms with Gasteiger partial charge in [-0.05, 0) is 13.3 Å². The smallest absolute Gasteiger partial charge is 0.280 e. The number of ether oxygens (including phenoxy) is 1. The quantitative estimate of drug-likeness (QED) is 0.613. The Balaban J connectivity index is 1.46. The first-order chi connectivity index (χ1) is 12.5. The number of imidazole rings is 1. The van der Waals surface area contributed by atoms with Gasteiger partial charge in [-0.2, -0.15) is 5.10 Å². The van der Waals surface area contributed by atoms with Crippen LogP contribution in [-0.4, -0.2) is 43.2 Å². The summed E-state index contributed by atoms with van der Waals surface area (Å²) < 4.78 is 8.14. The minimum atomic E-state index is -0.304. The van der Waals surface area contributed by atoms with Crippen LogP contribution in [0, 0.1) is 6.92 Å². The fourth-order valence-electron chi connectivity index (χ4n) is 2.36. The highest BCUT2D eigenvalue weighted by atomic mass is 35.5. The molecule has 0 fully saturated rings. The molecule has 26 heavy (non-hydrogen) atoms. The second-order valence-corrected chi connectivity index (χ2v) is 6.01. The molecule has 0 aliphatic carbocycles. The van der Waals surface area contributed by atoms with Gasteiger partial charge >= 0.3 is 0 Å². The molecule has 136 valence electrons. The van der Waals surface area contributed by atoms with Crippen LogP contribution in [0.15, 0.2) is 35.9 Å². The summed E-state index contributed by atoms with van der Waals surface area (Å²) in [5.41, 5.74) is 0.635. The lowest BCUT2D eigenvalue weighted by Crippen LogP contribution is -2.34. The number of nitrogens with one attached hydrogen (secondary N) is 1. The highest BCUT2D eigenvalue weighted by molar-refractivity contribution is 6.30. The molecular formula is C16H17ClN6O3. The van der Waals surface area contributed by atoms with Gasteiger partial charge in [0.05, 0.1) is 23.5 Å². The molecule has 3 heterocycles. The number of pyridine rings is 1. The molecule has 0 radical (unpaired) electrons. The molecule has 0 aromatic carbocycles. The van der Waals surface area contributed by atoms with Crippen LogP contribution in [0.5, 0.6) is 5.75 Å². The van der Waals surface area contributed by atoms with Crippen molar-refractivity contribution >= 4 is 23.0 Å². The van der Waals surface area contributed by atoms with E-state index in [4.69, 9.17) is 16.3 Å². The van der Waals surface area contributed by atoms with E-state index in [-0.39, 0.29) is 18.0 Å². The second kappa shape index (κ2) is 7.96. The third-order valence-corrected chi connectivity index (χ3v) is 3.82. The Kier molecular flexibility index (Phi) is 5.47. The largest absolute Gasteiger partial charge is 0.492 e. The summed E-state index contributed by atoms with van der Waals surface area (Å²) in [7, 11) is 0.